The van der Waals surface area contributed by atoms with Crippen molar-refractivity contribution >= 4 is 17.9 Å². The van der Waals surface area contributed by atoms with Gasteiger partial charge in [0, 0.05) is 19.3 Å². The predicted molar refractivity (Wildman–Crippen MR) is 293 cm³/mol. The smallest absolute Gasteiger partial charge is 0.306 e. The number of esters is 3. The summed E-state index contributed by atoms with van der Waals surface area (Å²) in [4.78, 5) is 38.1. The molecule has 0 aromatic heterocycles. The predicted octanol–water partition coefficient (Wildman–Crippen LogP) is 20.0. The molecular weight excluding hydrogens is 841 g/mol. The first-order chi connectivity index (χ1) is 33.5. The van der Waals surface area contributed by atoms with Gasteiger partial charge in [0.25, 0.3) is 0 Å². The summed E-state index contributed by atoms with van der Waals surface area (Å²) in [6, 6.07) is 0. The van der Waals surface area contributed by atoms with Gasteiger partial charge in [-0.15, -0.1) is 0 Å². The Kier molecular flexibility index (Phi) is 55.2. The number of unbranched alkanes of at least 4 members (excludes halogenated alkanes) is 38. The van der Waals surface area contributed by atoms with Gasteiger partial charge in [0.2, 0.25) is 0 Å². The Morgan fingerprint density at radius 3 is 0.912 bits per heavy atom. The van der Waals surface area contributed by atoms with Gasteiger partial charge in [-0.3, -0.25) is 14.4 Å². The van der Waals surface area contributed by atoms with Crippen LogP contribution in [0.4, 0.5) is 0 Å². The molecule has 398 valence electrons. The van der Waals surface area contributed by atoms with E-state index in [0.717, 1.165) is 77.0 Å². The molecule has 0 saturated carbocycles. The molecule has 0 saturated heterocycles. The summed E-state index contributed by atoms with van der Waals surface area (Å²) in [5.41, 5.74) is 0. The van der Waals surface area contributed by atoms with Crippen LogP contribution in [-0.2, 0) is 28.6 Å². The van der Waals surface area contributed by atoms with Crippen LogP contribution >= 0.6 is 0 Å². The number of rotatable bonds is 55. The minimum atomic E-state index is -0.775. The largest absolute Gasteiger partial charge is 0.462 e. The summed E-state index contributed by atoms with van der Waals surface area (Å²) in [5, 5.41) is 0. The maximum atomic E-state index is 12.9. The minimum Gasteiger partial charge on any atom is -0.462 e. The van der Waals surface area contributed by atoms with E-state index in [0.29, 0.717) is 19.3 Å². The van der Waals surface area contributed by atoms with Gasteiger partial charge in [-0.1, -0.05) is 269 Å². The maximum Gasteiger partial charge on any atom is 0.306 e. The Bertz CT molecular complexity index is 1140. The van der Waals surface area contributed by atoms with E-state index in [1.807, 2.05) is 0 Å². The molecule has 6 nitrogen and oxygen atoms in total. The van der Waals surface area contributed by atoms with E-state index in [4.69, 9.17) is 14.2 Å². The Hall–Kier alpha value is -2.37. The Labute approximate surface area is 423 Å². The second-order valence-electron chi connectivity index (χ2n) is 20.3. The molecule has 0 aliphatic carbocycles. The van der Waals surface area contributed by atoms with E-state index >= 15 is 0 Å². The zero-order valence-electron chi connectivity index (χ0n) is 45.6. The monoisotopic (exact) mass is 955 g/mol. The topological polar surface area (TPSA) is 78.9 Å². The van der Waals surface area contributed by atoms with E-state index in [1.54, 1.807) is 0 Å². The lowest BCUT2D eigenvalue weighted by Gasteiger charge is -2.18. The molecule has 0 aromatic carbocycles. The van der Waals surface area contributed by atoms with Crippen molar-refractivity contribution < 1.29 is 28.6 Å². The average Bonchev–Trinajstić information content (AvgIpc) is 3.34. The van der Waals surface area contributed by atoms with Crippen LogP contribution in [0, 0.1) is 0 Å². The zero-order chi connectivity index (χ0) is 49.3. The molecule has 0 aromatic rings. The van der Waals surface area contributed by atoms with Crippen molar-refractivity contribution in [3.8, 4) is 0 Å². The van der Waals surface area contributed by atoms with Crippen LogP contribution < -0.4 is 0 Å². The molecule has 0 amide bonds. The van der Waals surface area contributed by atoms with Crippen molar-refractivity contribution in [1.29, 1.82) is 0 Å². The summed E-state index contributed by atoms with van der Waals surface area (Å²) >= 11 is 0. The van der Waals surface area contributed by atoms with Crippen molar-refractivity contribution in [2.45, 2.75) is 329 Å². The fourth-order valence-corrected chi connectivity index (χ4v) is 8.83. The lowest BCUT2D eigenvalue weighted by atomic mass is 10.0. The van der Waals surface area contributed by atoms with E-state index in [1.165, 1.54) is 205 Å². The van der Waals surface area contributed by atoms with Crippen molar-refractivity contribution in [2.24, 2.45) is 0 Å². The first kappa shape index (κ1) is 65.6. The summed E-state index contributed by atoms with van der Waals surface area (Å²) in [5.74, 6) is -0.870. The van der Waals surface area contributed by atoms with Gasteiger partial charge in [0.05, 0.1) is 0 Å². The second-order valence-corrected chi connectivity index (χ2v) is 20.3. The van der Waals surface area contributed by atoms with E-state index < -0.39 is 6.10 Å². The summed E-state index contributed by atoms with van der Waals surface area (Å²) in [6.45, 7) is 6.59. The fraction of sp³-hybridized carbons (Fsp3) is 0.855. The average molecular weight is 956 g/mol. The maximum absolute atomic E-state index is 12.9. The standard InChI is InChI=1S/C62H114O6/c1-4-7-10-13-16-19-22-24-26-28-30-31-33-34-36-38-40-43-46-49-52-55-61(64)67-58-59(57-66-60(63)54-51-48-45-42-21-18-15-12-9-6-3)68-62(65)56-53-50-47-44-41-39-37-35-32-29-27-25-23-20-17-14-11-8-5-2/h12,15,17,20,25,27,59H,4-11,13-14,16,18-19,21-24,26,28-58H2,1-3H3/b15-12-,20-17-,27-25-. The van der Waals surface area contributed by atoms with Crippen LogP contribution in [0.1, 0.15) is 323 Å². The summed E-state index contributed by atoms with van der Waals surface area (Å²) < 4.78 is 16.9. The number of allylic oxidation sites excluding steroid dienone is 6. The molecule has 0 heterocycles. The third kappa shape index (κ3) is 54.6. The van der Waals surface area contributed by atoms with Crippen molar-refractivity contribution in [3.05, 3.63) is 36.5 Å². The lowest BCUT2D eigenvalue weighted by molar-refractivity contribution is -0.167. The molecule has 0 radical (unpaired) electrons. The van der Waals surface area contributed by atoms with Gasteiger partial charge < -0.3 is 14.2 Å². The van der Waals surface area contributed by atoms with Gasteiger partial charge in [0.15, 0.2) is 6.10 Å². The second kappa shape index (κ2) is 57.2. The third-order valence-electron chi connectivity index (χ3n) is 13.3. The van der Waals surface area contributed by atoms with Gasteiger partial charge in [0.1, 0.15) is 13.2 Å². The van der Waals surface area contributed by atoms with Crippen LogP contribution in [0.15, 0.2) is 36.5 Å². The van der Waals surface area contributed by atoms with Gasteiger partial charge in [-0.2, -0.15) is 0 Å². The van der Waals surface area contributed by atoms with Crippen LogP contribution in [-0.4, -0.2) is 37.2 Å². The van der Waals surface area contributed by atoms with Crippen molar-refractivity contribution in [3.63, 3.8) is 0 Å². The normalized spacial score (nSPS) is 12.2. The molecule has 0 spiro atoms. The first-order valence-electron chi connectivity index (χ1n) is 30.0. The molecule has 0 N–H and O–H groups in total. The third-order valence-corrected chi connectivity index (χ3v) is 13.3. The number of hydrogen-bond acceptors (Lipinski definition) is 6. The van der Waals surface area contributed by atoms with Gasteiger partial charge >= 0.3 is 17.9 Å². The first-order valence-corrected chi connectivity index (χ1v) is 30.0. The van der Waals surface area contributed by atoms with Crippen molar-refractivity contribution in [1.82, 2.24) is 0 Å². The Morgan fingerprint density at radius 1 is 0.294 bits per heavy atom. The molecule has 0 fully saturated rings. The minimum absolute atomic E-state index is 0.0728. The summed E-state index contributed by atoms with van der Waals surface area (Å²) in [6.07, 6.45) is 68.6. The Balaban J connectivity index is 4.24. The number of carbonyl (C=O) groups excluding carboxylic acids is 3. The molecule has 0 aliphatic rings. The van der Waals surface area contributed by atoms with E-state index in [2.05, 4.69) is 57.2 Å². The quantitative estimate of drug-likeness (QED) is 0.0262. The summed E-state index contributed by atoms with van der Waals surface area (Å²) in [7, 11) is 0. The van der Waals surface area contributed by atoms with Crippen LogP contribution in [0.3, 0.4) is 0 Å². The zero-order valence-corrected chi connectivity index (χ0v) is 45.6. The highest BCUT2D eigenvalue weighted by atomic mass is 16.6. The highest BCUT2D eigenvalue weighted by Crippen LogP contribution is 2.17. The van der Waals surface area contributed by atoms with E-state index in [-0.39, 0.29) is 31.1 Å². The van der Waals surface area contributed by atoms with Crippen LogP contribution in [0.2, 0.25) is 0 Å². The van der Waals surface area contributed by atoms with Gasteiger partial charge in [-0.25, -0.2) is 0 Å². The molecule has 0 rings (SSSR count). The highest BCUT2D eigenvalue weighted by Gasteiger charge is 2.19. The number of ether oxygens (including phenoxy) is 3. The highest BCUT2D eigenvalue weighted by molar-refractivity contribution is 5.71. The van der Waals surface area contributed by atoms with Crippen LogP contribution in [0.25, 0.3) is 0 Å². The number of carbonyl (C=O) groups is 3. The molecule has 68 heavy (non-hydrogen) atoms. The number of hydrogen-bond donors (Lipinski definition) is 0. The molecule has 1 unspecified atom stereocenters. The SMILES string of the molecule is CCC/C=C\CCCCCCCC(=O)OCC(COC(=O)CCCCCCCCCCCCCCCCCCCCCCC)OC(=O)CCCCCCCCCCC/C=C\C/C=C\CCCCC. The van der Waals surface area contributed by atoms with Gasteiger partial charge in [-0.05, 0) is 70.6 Å². The fourth-order valence-electron chi connectivity index (χ4n) is 8.83. The van der Waals surface area contributed by atoms with Crippen molar-refractivity contribution in [2.75, 3.05) is 13.2 Å². The Morgan fingerprint density at radius 2 is 0.559 bits per heavy atom. The molecule has 0 bridgehead atoms. The van der Waals surface area contributed by atoms with E-state index in [9.17, 15) is 14.4 Å². The molecular formula is C62H114O6. The molecule has 1 atom stereocenters. The lowest BCUT2D eigenvalue weighted by Crippen LogP contribution is -2.30. The van der Waals surface area contributed by atoms with Crippen LogP contribution in [0.5, 0.6) is 0 Å². The molecule has 0 aliphatic heterocycles. The molecule has 6 heteroatoms.